The van der Waals surface area contributed by atoms with E-state index in [9.17, 15) is 0 Å². The molecule has 2 heterocycles. The summed E-state index contributed by atoms with van der Waals surface area (Å²) in [5, 5.41) is 5.69. The van der Waals surface area contributed by atoms with Crippen molar-refractivity contribution in [3.63, 3.8) is 0 Å². The van der Waals surface area contributed by atoms with Crippen molar-refractivity contribution in [2.24, 2.45) is 0 Å². The Morgan fingerprint density at radius 2 is 2.24 bits per heavy atom. The first kappa shape index (κ1) is 13.6. The molecule has 0 bridgehead atoms. The highest BCUT2D eigenvalue weighted by atomic mass is 79.9. The Kier molecular flexibility index (Phi) is 4.66. The van der Waals surface area contributed by atoms with E-state index in [4.69, 9.17) is 11.6 Å². The highest BCUT2D eigenvalue weighted by Crippen LogP contribution is 2.36. The topological polar surface area (TPSA) is 12.0 Å². The van der Waals surface area contributed by atoms with Gasteiger partial charge in [-0.05, 0) is 58.0 Å². The highest BCUT2D eigenvalue weighted by molar-refractivity contribution is 9.11. The molecule has 1 atom stereocenters. The zero-order chi connectivity index (χ0) is 12.4. The molecule has 0 radical (unpaired) electrons. The fourth-order valence-electron chi connectivity index (χ4n) is 1.69. The van der Waals surface area contributed by atoms with Gasteiger partial charge < -0.3 is 5.32 Å². The van der Waals surface area contributed by atoms with E-state index >= 15 is 0 Å². The van der Waals surface area contributed by atoms with Crippen molar-refractivity contribution in [1.29, 1.82) is 0 Å². The fraction of sp³-hybridized carbons (Fsp3) is 0.333. The average molecular weight is 351 g/mol. The van der Waals surface area contributed by atoms with Gasteiger partial charge in [0.1, 0.15) is 0 Å². The van der Waals surface area contributed by atoms with E-state index in [1.807, 2.05) is 0 Å². The zero-order valence-electron chi connectivity index (χ0n) is 9.59. The van der Waals surface area contributed by atoms with Crippen molar-refractivity contribution in [2.75, 3.05) is 6.54 Å². The van der Waals surface area contributed by atoms with Gasteiger partial charge in [-0.15, -0.1) is 22.7 Å². The Morgan fingerprint density at radius 1 is 1.47 bits per heavy atom. The fourth-order valence-corrected chi connectivity index (χ4v) is 4.21. The van der Waals surface area contributed by atoms with Gasteiger partial charge in [0.15, 0.2) is 0 Å². The minimum absolute atomic E-state index is 0.249. The van der Waals surface area contributed by atoms with Crippen molar-refractivity contribution in [2.45, 2.75) is 19.9 Å². The maximum Gasteiger partial charge on any atom is 0.0961 e. The van der Waals surface area contributed by atoms with Crippen LogP contribution in [0.4, 0.5) is 0 Å². The summed E-state index contributed by atoms with van der Waals surface area (Å²) in [5.41, 5.74) is 2.45. The van der Waals surface area contributed by atoms with Crippen LogP contribution in [0.25, 0.3) is 0 Å². The van der Waals surface area contributed by atoms with Crippen molar-refractivity contribution in [3.05, 3.63) is 41.6 Å². The average Bonchev–Trinajstić information content (AvgIpc) is 2.83. The molecule has 1 unspecified atom stereocenters. The zero-order valence-corrected chi connectivity index (χ0v) is 13.6. The molecular weight excluding hydrogens is 338 g/mol. The van der Waals surface area contributed by atoms with E-state index in [0.717, 1.165) is 20.2 Å². The maximum absolute atomic E-state index is 6.15. The summed E-state index contributed by atoms with van der Waals surface area (Å²) in [5.74, 6) is 0. The lowest BCUT2D eigenvalue weighted by Crippen LogP contribution is -2.20. The SMILES string of the molecule is CCNC(c1csc(Br)c1)c1cc(C)c(Cl)s1. The number of thiophene rings is 2. The maximum atomic E-state index is 6.15. The summed E-state index contributed by atoms with van der Waals surface area (Å²) < 4.78 is 2.05. The Hall–Kier alpha value is 0.130. The second kappa shape index (κ2) is 5.85. The minimum Gasteiger partial charge on any atom is -0.306 e. The predicted octanol–water partition coefficient (Wildman–Crippen LogP) is 5.23. The summed E-state index contributed by atoms with van der Waals surface area (Å²) in [6.07, 6.45) is 0. The van der Waals surface area contributed by atoms with E-state index in [2.05, 4.69) is 52.6 Å². The molecular formula is C12H13BrClNS2. The lowest BCUT2D eigenvalue weighted by Gasteiger charge is -2.14. The van der Waals surface area contributed by atoms with Gasteiger partial charge in [0.2, 0.25) is 0 Å². The molecule has 1 nitrogen and oxygen atoms in total. The number of nitrogens with one attached hydrogen (secondary N) is 1. The molecule has 0 fully saturated rings. The molecule has 0 saturated carbocycles. The molecule has 17 heavy (non-hydrogen) atoms. The van der Waals surface area contributed by atoms with Gasteiger partial charge in [-0.3, -0.25) is 0 Å². The summed E-state index contributed by atoms with van der Waals surface area (Å²) in [6, 6.07) is 4.59. The molecule has 0 aliphatic carbocycles. The molecule has 0 amide bonds. The van der Waals surface area contributed by atoms with E-state index in [-0.39, 0.29) is 6.04 Å². The smallest absolute Gasteiger partial charge is 0.0961 e. The van der Waals surface area contributed by atoms with Crippen LogP contribution in [0.15, 0.2) is 21.3 Å². The molecule has 2 rings (SSSR count). The second-order valence-electron chi connectivity index (χ2n) is 3.78. The van der Waals surface area contributed by atoms with Gasteiger partial charge in [0.25, 0.3) is 0 Å². The van der Waals surface area contributed by atoms with Crippen LogP contribution in [-0.2, 0) is 0 Å². The van der Waals surface area contributed by atoms with Crippen LogP contribution < -0.4 is 5.32 Å². The van der Waals surface area contributed by atoms with Crippen molar-refractivity contribution in [3.8, 4) is 0 Å². The first-order valence-corrected chi connectivity index (χ1v) is 8.21. The van der Waals surface area contributed by atoms with Gasteiger partial charge in [0.05, 0.1) is 14.2 Å². The lowest BCUT2D eigenvalue weighted by atomic mass is 10.1. The van der Waals surface area contributed by atoms with Crippen LogP contribution in [0, 0.1) is 6.92 Å². The molecule has 1 N–H and O–H groups in total. The Balaban J connectivity index is 2.34. The number of halogens is 2. The van der Waals surface area contributed by atoms with Crippen LogP contribution in [0.2, 0.25) is 4.34 Å². The number of hydrogen-bond donors (Lipinski definition) is 1. The molecule has 0 saturated heterocycles. The summed E-state index contributed by atoms with van der Waals surface area (Å²) in [7, 11) is 0. The Bertz CT molecular complexity index is 487. The lowest BCUT2D eigenvalue weighted by molar-refractivity contribution is 0.641. The third kappa shape index (κ3) is 3.12. The summed E-state index contributed by atoms with van der Waals surface area (Å²) in [4.78, 5) is 1.28. The quantitative estimate of drug-likeness (QED) is 0.796. The second-order valence-corrected chi connectivity index (χ2v) is 7.76. The van der Waals surface area contributed by atoms with Gasteiger partial charge in [-0.25, -0.2) is 0 Å². The monoisotopic (exact) mass is 349 g/mol. The van der Waals surface area contributed by atoms with Crippen LogP contribution in [0.5, 0.6) is 0 Å². The minimum atomic E-state index is 0.249. The third-order valence-electron chi connectivity index (χ3n) is 2.49. The van der Waals surface area contributed by atoms with Crippen LogP contribution in [-0.4, -0.2) is 6.54 Å². The summed E-state index contributed by atoms with van der Waals surface area (Å²) >= 11 is 13.0. The number of aryl methyl sites for hydroxylation is 1. The molecule has 0 aliphatic rings. The summed E-state index contributed by atoms with van der Waals surface area (Å²) in [6.45, 7) is 5.11. The molecule has 0 aliphatic heterocycles. The van der Waals surface area contributed by atoms with Crippen LogP contribution >= 0.6 is 50.2 Å². The molecule has 5 heteroatoms. The first-order chi connectivity index (χ1) is 8.11. The predicted molar refractivity (Wildman–Crippen MR) is 81.6 cm³/mol. The van der Waals surface area contributed by atoms with E-state index in [1.54, 1.807) is 22.7 Å². The van der Waals surface area contributed by atoms with E-state index in [0.29, 0.717) is 0 Å². The van der Waals surface area contributed by atoms with Gasteiger partial charge in [-0.2, -0.15) is 0 Å². The molecule has 0 aromatic carbocycles. The highest BCUT2D eigenvalue weighted by Gasteiger charge is 2.17. The molecule has 92 valence electrons. The Labute approximate surface area is 123 Å². The van der Waals surface area contributed by atoms with Crippen LogP contribution in [0.3, 0.4) is 0 Å². The van der Waals surface area contributed by atoms with Gasteiger partial charge >= 0.3 is 0 Å². The number of hydrogen-bond acceptors (Lipinski definition) is 3. The standard InChI is InChI=1S/C12H13BrClNS2/c1-3-15-11(8-5-10(13)16-6-8)9-4-7(2)12(14)17-9/h4-6,11,15H,3H2,1-2H3. The third-order valence-corrected chi connectivity index (χ3v) is 5.63. The van der Waals surface area contributed by atoms with E-state index in [1.165, 1.54) is 10.4 Å². The van der Waals surface area contributed by atoms with Crippen molar-refractivity contribution >= 4 is 50.2 Å². The van der Waals surface area contributed by atoms with Crippen molar-refractivity contribution in [1.82, 2.24) is 5.32 Å². The van der Waals surface area contributed by atoms with Gasteiger partial charge in [0, 0.05) is 4.88 Å². The first-order valence-electron chi connectivity index (χ1n) is 5.35. The van der Waals surface area contributed by atoms with Crippen LogP contribution in [0.1, 0.15) is 29.0 Å². The largest absolute Gasteiger partial charge is 0.306 e. The van der Waals surface area contributed by atoms with E-state index < -0.39 is 0 Å². The van der Waals surface area contributed by atoms with Crippen molar-refractivity contribution < 1.29 is 0 Å². The normalized spacial score (nSPS) is 12.9. The molecule has 2 aromatic heterocycles. The Morgan fingerprint density at radius 3 is 2.71 bits per heavy atom. The van der Waals surface area contributed by atoms with Gasteiger partial charge in [-0.1, -0.05) is 18.5 Å². The number of rotatable bonds is 4. The molecule has 0 spiro atoms. The molecule has 2 aromatic rings.